The summed E-state index contributed by atoms with van der Waals surface area (Å²) in [6.45, 7) is 4.10. The van der Waals surface area contributed by atoms with Gasteiger partial charge in [-0.25, -0.2) is 0 Å². The largest absolute Gasteiger partial charge is 0.311 e. The molecule has 0 N–H and O–H groups in total. The number of hydrogen-bond acceptors (Lipinski definition) is 1. The van der Waals surface area contributed by atoms with Crippen molar-refractivity contribution in [1.29, 1.82) is 0 Å². The molecule has 0 aliphatic rings. The van der Waals surface area contributed by atoms with Gasteiger partial charge < -0.3 is 4.57 Å². The lowest BCUT2D eigenvalue weighted by molar-refractivity contribution is 0.917. The summed E-state index contributed by atoms with van der Waals surface area (Å²) in [6, 6.07) is 12.2. The lowest BCUT2D eigenvalue weighted by Crippen LogP contribution is -2.17. The number of aromatic nitrogens is 1. The number of benzene rings is 2. The van der Waals surface area contributed by atoms with Crippen molar-refractivity contribution in [2.45, 2.75) is 13.8 Å². The van der Waals surface area contributed by atoms with Crippen molar-refractivity contribution in [2.24, 2.45) is 7.05 Å². The van der Waals surface area contributed by atoms with E-state index in [1.807, 2.05) is 26.1 Å². The summed E-state index contributed by atoms with van der Waals surface area (Å²) in [4.78, 5) is 12.4. The Morgan fingerprint density at radius 3 is 2.56 bits per heavy atom. The maximum Gasteiger partial charge on any atom is 0.258 e. The quantitative estimate of drug-likeness (QED) is 0.550. The Bertz CT molecular complexity index is 828. The van der Waals surface area contributed by atoms with Crippen LogP contribution >= 0.6 is 0 Å². The van der Waals surface area contributed by atoms with E-state index in [0.29, 0.717) is 0 Å². The Balaban J connectivity index is 2.73. The van der Waals surface area contributed by atoms with Crippen LogP contribution in [0.2, 0.25) is 0 Å². The number of nitrogens with zero attached hydrogens (tertiary/aromatic N) is 1. The predicted octanol–water partition coefficient (Wildman–Crippen LogP) is 3.31. The molecule has 0 radical (unpaired) electrons. The van der Waals surface area contributed by atoms with Gasteiger partial charge in [-0.2, -0.15) is 0 Å². The molecule has 0 saturated heterocycles. The molecule has 3 aromatic rings. The molecule has 0 saturated carbocycles. The minimum Gasteiger partial charge on any atom is -0.311 e. The zero-order chi connectivity index (χ0) is 12.9. The van der Waals surface area contributed by atoms with Gasteiger partial charge >= 0.3 is 0 Å². The molecule has 18 heavy (non-hydrogen) atoms. The molecule has 0 unspecified atom stereocenters. The second-order valence-corrected chi connectivity index (χ2v) is 4.88. The topological polar surface area (TPSA) is 22.0 Å². The van der Waals surface area contributed by atoms with Crippen LogP contribution in [0, 0.1) is 13.8 Å². The molecule has 0 aliphatic carbocycles. The van der Waals surface area contributed by atoms with Crippen molar-refractivity contribution in [3.63, 3.8) is 0 Å². The van der Waals surface area contributed by atoms with Crippen LogP contribution < -0.4 is 5.56 Å². The van der Waals surface area contributed by atoms with E-state index in [9.17, 15) is 4.79 Å². The normalized spacial score (nSPS) is 11.3. The van der Waals surface area contributed by atoms with Crippen LogP contribution in [0.25, 0.3) is 21.7 Å². The molecule has 2 nitrogen and oxygen atoms in total. The Morgan fingerprint density at radius 2 is 1.78 bits per heavy atom. The first-order valence-corrected chi connectivity index (χ1v) is 6.08. The standard InChI is InChI=1S/C16H15NO/c1-10-7-8-12-14(9-10)17(3)16(18)13-6-4-5-11(2)15(12)13/h4-9H,1-3H3. The van der Waals surface area contributed by atoms with E-state index in [0.717, 1.165) is 27.2 Å². The molecular formula is C16H15NO. The first kappa shape index (κ1) is 11.0. The third-order valence-electron chi connectivity index (χ3n) is 3.59. The van der Waals surface area contributed by atoms with E-state index in [1.54, 1.807) is 4.57 Å². The fourth-order valence-electron chi connectivity index (χ4n) is 2.62. The minimum atomic E-state index is 0.0757. The molecule has 0 fully saturated rings. The van der Waals surface area contributed by atoms with Crippen LogP contribution in [0.3, 0.4) is 0 Å². The van der Waals surface area contributed by atoms with Crippen LogP contribution in [-0.4, -0.2) is 4.57 Å². The van der Waals surface area contributed by atoms with Crippen LogP contribution in [0.15, 0.2) is 41.2 Å². The molecule has 1 heterocycles. The summed E-state index contributed by atoms with van der Waals surface area (Å²) in [5.41, 5.74) is 3.40. The monoisotopic (exact) mass is 237 g/mol. The molecule has 0 aliphatic heterocycles. The molecule has 0 atom stereocenters. The number of rotatable bonds is 0. The fourth-order valence-corrected chi connectivity index (χ4v) is 2.62. The van der Waals surface area contributed by atoms with Gasteiger partial charge in [0, 0.05) is 17.8 Å². The van der Waals surface area contributed by atoms with E-state index in [2.05, 4.69) is 31.2 Å². The number of aryl methyl sites for hydroxylation is 3. The summed E-state index contributed by atoms with van der Waals surface area (Å²) < 4.78 is 1.74. The van der Waals surface area contributed by atoms with Gasteiger partial charge in [-0.15, -0.1) is 0 Å². The maximum absolute atomic E-state index is 12.4. The predicted molar refractivity (Wildman–Crippen MR) is 76.2 cm³/mol. The summed E-state index contributed by atoms with van der Waals surface area (Å²) in [6.07, 6.45) is 0. The van der Waals surface area contributed by atoms with E-state index in [1.165, 1.54) is 5.56 Å². The highest BCUT2D eigenvalue weighted by Crippen LogP contribution is 2.25. The zero-order valence-corrected chi connectivity index (χ0v) is 10.8. The second kappa shape index (κ2) is 3.70. The third-order valence-corrected chi connectivity index (χ3v) is 3.59. The highest BCUT2D eigenvalue weighted by atomic mass is 16.1. The van der Waals surface area contributed by atoms with Crippen LogP contribution in [0.4, 0.5) is 0 Å². The molecule has 2 aromatic carbocycles. The molecule has 2 heteroatoms. The first-order valence-electron chi connectivity index (χ1n) is 6.08. The summed E-state index contributed by atoms with van der Waals surface area (Å²) in [7, 11) is 1.84. The van der Waals surface area contributed by atoms with Crippen LogP contribution in [-0.2, 0) is 7.05 Å². The first-order chi connectivity index (χ1) is 8.59. The van der Waals surface area contributed by atoms with E-state index >= 15 is 0 Å². The van der Waals surface area contributed by atoms with Crippen LogP contribution in [0.5, 0.6) is 0 Å². The van der Waals surface area contributed by atoms with Crippen molar-refractivity contribution in [1.82, 2.24) is 4.57 Å². The summed E-state index contributed by atoms with van der Waals surface area (Å²) >= 11 is 0. The molecule has 90 valence electrons. The molecule has 0 amide bonds. The smallest absolute Gasteiger partial charge is 0.258 e. The average Bonchev–Trinajstić information content (AvgIpc) is 2.36. The lowest BCUT2D eigenvalue weighted by atomic mass is 10.0. The molecule has 3 rings (SSSR count). The van der Waals surface area contributed by atoms with Gasteiger partial charge in [0.25, 0.3) is 5.56 Å². The molecule has 1 aromatic heterocycles. The number of hydrogen-bond donors (Lipinski definition) is 0. The van der Waals surface area contributed by atoms with Gasteiger partial charge in [-0.1, -0.05) is 24.3 Å². The van der Waals surface area contributed by atoms with E-state index < -0.39 is 0 Å². The zero-order valence-electron chi connectivity index (χ0n) is 10.8. The van der Waals surface area contributed by atoms with E-state index in [-0.39, 0.29) is 5.56 Å². The van der Waals surface area contributed by atoms with Gasteiger partial charge in [-0.3, -0.25) is 4.79 Å². The van der Waals surface area contributed by atoms with Crippen molar-refractivity contribution in [3.05, 3.63) is 57.9 Å². The minimum absolute atomic E-state index is 0.0757. The van der Waals surface area contributed by atoms with Crippen LogP contribution in [0.1, 0.15) is 11.1 Å². The Kier molecular flexibility index (Phi) is 2.27. The fraction of sp³-hybridized carbons (Fsp3) is 0.188. The van der Waals surface area contributed by atoms with Gasteiger partial charge in [-0.05, 0) is 42.5 Å². The van der Waals surface area contributed by atoms with Gasteiger partial charge in [0.2, 0.25) is 0 Å². The Hall–Kier alpha value is -2.09. The highest BCUT2D eigenvalue weighted by Gasteiger charge is 2.09. The van der Waals surface area contributed by atoms with Gasteiger partial charge in [0.15, 0.2) is 0 Å². The van der Waals surface area contributed by atoms with Crippen molar-refractivity contribution >= 4 is 21.7 Å². The highest BCUT2D eigenvalue weighted by molar-refractivity contribution is 6.07. The Morgan fingerprint density at radius 1 is 1.00 bits per heavy atom. The molecule has 0 spiro atoms. The van der Waals surface area contributed by atoms with Crippen molar-refractivity contribution in [3.8, 4) is 0 Å². The van der Waals surface area contributed by atoms with Crippen molar-refractivity contribution in [2.75, 3.05) is 0 Å². The van der Waals surface area contributed by atoms with E-state index in [4.69, 9.17) is 0 Å². The molecular weight excluding hydrogens is 222 g/mol. The SMILES string of the molecule is Cc1ccc2c3c(C)cccc3c(=O)n(C)c2c1. The van der Waals surface area contributed by atoms with Gasteiger partial charge in [0.05, 0.1) is 5.52 Å². The summed E-state index contributed by atoms with van der Waals surface area (Å²) in [5.74, 6) is 0. The number of fused-ring (bicyclic) bond motifs is 3. The third kappa shape index (κ3) is 1.39. The Labute approximate surface area is 105 Å². The molecule has 0 bridgehead atoms. The lowest BCUT2D eigenvalue weighted by Gasteiger charge is -2.11. The second-order valence-electron chi connectivity index (χ2n) is 4.88. The maximum atomic E-state index is 12.4. The number of pyridine rings is 1. The average molecular weight is 237 g/mol. The van der Waals surface area contributed by atoms with Gasteiger partial charge in [0.1, 0.15) is 0 Å². The van der Waals surface area contributed by atoms with Crippen molar-refractivity contribution < 1.29 is 0 Å². The summed E-state index contributed by atoms with van der Waals surface area (Å²) in [5, 5.41) is 3.03.